The number of amides is 1. The van der Waals surface area contributed by atoms with Crippen molar-refractivity contribution >= 4 is 34.9 Å². The third-order valence-corrected chi connectivity index (χ3v) is 2.79. The molecule has 17 heavy (non-hydrogen) atoms. The maximum absolute atomic E-state index is 11.7. The molecule has 0 fully saturated rings. The summed E-state index contributed by atoms with van der Waals surface area (Å²) >= 11 is 5.92. The van der Waals surface area contributed by atoms with Gasteiger partial charge < -0.3 is 10.0 Å². The van der Waals surface area contributed by atoms with Crippen molar-refractivity contribution < 1.29 is 19.5 Å². The number of Topliss-reactive ketones (excluding diaryl/α,β-unsaturated/α-hetero) is 1. The van der Waals surface area contributed by atoms with Crippen LogP contribution in [0.2, 0.25) is 5.02 Å². The molecule has 1 aliphatic rings. The fraction of sp³-hybridized carbons (Fsp3) is 0.182. The summed E-state index contributed by atoms with van der Waals surface area (Å²) in [5.41, 5.74) is 0.540. The third kappa shape index (κ3) is 1.89. The van der Waals surface area contributed by atoms with Crippen molar-refractivity contribution in [2.24, 2.45) is 0 Å². The maximum atomic E-state index is 11.7. The monoisotopic (exact) mass is 253 g/mol. The number of carbonyl (C=O) groups is 3. The molecular weight excluding hydrogens is 246 g/mol. The van der Waals surface area contributed by atoms with Crippen molar-refractivity contribution in [3.05, 3.63) is 28.8 Å². The number of nitrogens with zero attached hydrogens (tertiary/aromatic N) is 1. The molecule has 1 aliphatic heterocycles. The predicted octanol–water partition coefficient (Wildman–Crippen LogP) is 1.34. The van der Waals surface area contributed by atoms with E-state index in [-0.39, 0.29) is 23.6 Å². The molecule has 0 aliphatic carbocycles. The van der Waals surface area contributed by atoms with Crippen molar-refractivity contribution in [1.29, 1.82) is 0 Å². The average Bonchev–Trinajstić information content (AvgIpc) is 2.52. The second-order valence-corrected chi connectivity index (χ2v) is 3.97. The summed E-state index contributed by atoms with van der Waals surface area (Å²) in [7, 11) is 0. The van der Waals surface area contributed by atoms with Crippen LogP contribution < -0.4 is 4.90 Å². The fourth-order valence-electron chi connectivity index (χ4n) is 1.73. The normalized spacial score (nSPS) is 14.1. The van der Waals surface area contributed by atoms with Gasteiger partial charge in [0.1, 0.15) is 0 Å². The molecule has 0 atom stereocenters. The number of halogens is 1. The van der Waals surface area contributed by atoms with Gasteiger partial charge in [-0.15, -0.1) is 0 Å². The second-order valence-electron chi connectivity index (χ2n) is 3.57. The van der Waals surface area contributed by atoms with Gasteiger partial charge in [0.05, 0.1) is 22.7 Å². The van der Waals surface area contributed by atoms with Gasteiger partial charge in [0.25, 0.3) is 11.7 Å². The van der Waals surface area contributed by atoms with Crippen LogP contribution in [-0.2, 0) is 9.59 Å². The van der Waals surface area contributed by atoms with Gasteiger partial charge >= 0.3 is 5.97 Å². The molecule has 0 saturated carbocycles. The number of rotatable bonds is 3. The highest BCUT2D eigenvalue weighted by atomic mass is 35.5. The van der Waals surface area contributed by atoms with Gasteiger partial charge in [-0.25, -0.2) is 0 Å². The zero-order chi connectivity index (χ0) is 12.6. The van der Waals surface area contributed by atoms with Crippen LogP contribution in [0.15, 0.2) is 18.2 Å². The summed E-state index contributed by atoms with van der Waals surface area (Å²) in [5.74, 6) is -2.41. The molecule has 0 unspecified atom stereocenters. The van der Waals surface area contributed by atoms with Crippen LogP contribution in [0.4, 0.5) is 5.69 Å². The molecule has 1 heterocycles. The molecule has 6 heteroatoms. The molecule has 1 amide bonds. The van der Waals surface area contributed by atoms with Crippen molar-refractivity contribution in [3.63, 3.8) is 0 Å². The van der Waals surface area contributed by atoms with Crippen LogP contribution in [0.25, 0.3) is 0 Å². The molecule has 0 radical (unpaired) electrons. The Hall–Kier alpha value is -1.88. The van der Waals surface area contributed by atoms with E-state index >= 15 is 0 Å². The van der Waals surface area contributed by atoms with E-state index in [4.69, 9.17) is 16.7 Å². The Morgan fingerprint density at radius 3 is 2.71 bits per heavy atom. The number of fused-ring (bicyclic) bond motifs is 1. The van der Waals surface area contributed by atoms with E-state index in [0.29, 0.717) is 5.69 Å². The number of hydrogen-bond donors (Lipinski definition) is 1. The van der Waals surface area contributed by atoms with Crippen LogP contribution in [0.5, 0.6) is 0 Å². The first-order valence-electron chi connectivity index (χ1n) is 4.89. The zero-order valence-electron chi connectivity index (χ0n) is 8.64. The number of carboxylic acid groups (broad SMARTS) is 1. The minimum atomic E-state index is -1.04. The topological polar surface area (TPSA) is 74.7 Å². The first-order valence-corrected chi connectivity index (χ1v) is 5.26. The van der Waals surface area contributed by atoms with E-state index in [1.54, 1.807) is 12.1 Å². The number of carboxylic acids is 1. The van der Waals surface area contributed by atoms with Gasteiger partial charge in [0.15, 0.2) is 0 Å². The van der Waals surface area contributed by atoms with Crippen molar-refractivity contribution in [3.8, 4) is 0 Å². The molecule has 2 rings (SSSR count). The van der Waals surface area contributed by atoms with E-state index in [1.165, 1.54) is 6.07 Å². The molecular formula is C11H8ClNO4. The van der Waals surface area contributed by atoms with Crippen LogP contribution in [0.3, 0.4) is 0 Å². The van der Waals surface area contributed by atoms with Crippen molar-refractivity contribution in [2.75, 3.05) is 11.4 Å². The number of benzene rings is 1. The Balaban J connectivity index is 2.40. The number of carbonyl (C=O) groups excluding carboxylic acids is 2. The van der Waals surface area contributed by atoms with E-state index in [1.807, 2.05) is 0 Å². The smallest absolute Gasteiger partial charge is 0.305 e. The number of anilines is 1. The van der Waals surface area contributed by atoms with E-state index in [9.17, 15) is 14.4 Å². The van der Waals surface area contributed by atoms with Gasteiger partial charge in [-0.1, -0.05) is 17.7 Å². The minimum Gasteiger partial charge on any atom is -0.481 e. The van der Waals surface area contributed by atoms with Crippen LogP contribution >= 0.6 is 11.6 Å². The van der Waals surface area contributed by atoms with Gasteiger partial charge in [-0.05, 0) is 12.1 Å². The lowest BCUT2D eigenvalue weighted by Crippen LogP contribution is -2.31. The summed E-state index contributed by atoms with van der Waals surface area (Å²) < 4.78 is 0. The van der Waals surface area contributed by atoms with Gasteiger partial charge in [-0.3, -0.25) is 14.4 Å². The number of hydrogen-bond acceptors (Lipinski definition) is 3. The van der Waals surface area contributed by atoms with Gasteiger partial charge in [-0.2, -0.15) is 0 Å². The summed E-state index contributed by atoms with van der Waals surface area (Å²) in [5, 5.41) is 8.86. The lowest BCUT2D eigenvalue weighted by Gasteiger charge is -2.16. The average molecular weight is 254 g/mol. The molecule has 1 N–H and O–H groups in total. The quantitative estimate of drug-likeness (QED) is 0.825. The Labute approximate surface area is 102 Å². The molecule has 5 nitrogen and oxygen atoms in total. The van der Waals surface area contributed by atoms with E-state index in [2.05, 4.69) is 0 Å². The highest BCUT2D eigenvalue weighted by Crippen LogP contribution is 2.35. The molecule has 88 valence electrons. The number of para-hydroxylation sites is 1. The first kappa shape index (κ1) is 11.6. The lowest BCUT2D eigenvalue weighted by molar-refractivity contribution is -0.136. The standard InChI is InChI=1S/C11H8ClNO4/c12-7-3-1-2-6-9(7)13(5-4-8(14)15)11(17)10(6)16/h1-3H,4-5H2,(H,14,15). The summed E-state index contributed by atoms with van der Waals surface area (Å²) in [4.78, 5) is 34.9. The third-order valence-electron chi connectivity index (χ3n) is 2.49. The van der Waals surface area contributed by atoms with Crippen LogP contribution in [0, 0.1) is 0 Å². The number of aliphatic carboxylic acids is 1. The molecule has 0 aromatic heterocycles. The summed E-state index contributed by atoms with van der Waals surface area (Å²) in [6, 6.07) is 4.63. The molecule has 1 aromatic rings. The zero-order valence-corrected chi connectivity index (χ0v) is 9.40. The Morgan fingerprint density at radius 2 is 2.06 bits per heavy atom. The lowest BCUT2D eigenvalue weighted by atomic mass is 10.1. The maximum Gasteiger partial charge on any atom is 0.305 e. The Kier molecular flexibility index (Phi) is 2.85. The Morgan fingerprint density at radius 1 is 1.35 bits per heavy atom. The van der Waals surface area contributed by atoms with Gasteiger partial charge in [0, 0.05) is 6.54 Å². The minimum absolute atomic E-state index is 0.0589. The van der Waals surface area contributed by atoms with Gasteiger partial charge in [0.2, 0.25) is 0 Å². The fourth-order valence-corrected chi connectivity index (χ4v) is 2.01. The first-order chi connectivity index (χ1) is 8.02. The predicted molar refractivity (Wildman–Crippen MR) is 60.4 cm³/mol. The molecule has 0 spiro atoms. The van der Waals surface area contributed by atoms with E-state index < -0.39 is 17.7 Å². The summed E-state index contributed by atoms with van der Waals surface area (Å²) in [6.45, 7) is -0.0589. The molecule has 0 saturated heterocycles. The molecule has 0 bridgehead atoms. The summed E-state index contributed by atoms with van der Waals surface area (Å²) in [6.07, 6.45) is -0.232. The van der Waals surface area contributed by atoms with Crippen LogP contribution in [0.1, 0.15) is 16.8 Å². The Bertz CT molecular complexity index is 526. The van der Waals surface area contributed by atoms with Crippen molar-refractivity contribution in [1.82, 2.24) is 0 Å². The molecule has 1 aromatic carbocycles. The largest absolute Gasteiger partial charge is 0.481 e. The van der Waals surface area contributed by atoms with Crippen molar-refractivity contribution in [2.45, 2.75) is 6.42 Å². The second kappa shape index (κ2) is 4.18. The van der Waals surface area contributed by atoms with E-state index in [0.717, 1.165) is 4.90 Å². The highest BCUT2D eigenvalue weighted by molar-refractivity contribution is 6.54. The number of ketones is 1. The van der Waals surface area contributed by atoms with Crippen LogP contribution in [-0.4, -0.2) is 29.3 Å². The SMILES string of the molecule is O=C(O)CCN1C(=O)C(=O)c2cccc(Cl)c21. The highest BCUT2D eigenvalue weighted by Gasteiger charge is 2.37.